The number of carboxylic acid groups (broad SMARTS) is 1. The van der Waals surface area contributed by atoms with Gasteiger partial charge in [-0.1, -0.05) is 5.16 Å². The van der Waals surface area contributed by atoms with Crippen LogP contribution in [0.4, 0.5) is 0 Å². The summed E-state index contributed by atoms with van der Waals surface area (Å²) in [4.78, 5) is 10.5. The van der Waals surface area contributed by atoms with Gasteiger partial charge in [-0.15, -0.1) is 0 Å². The summed E-state index contributed by atoms with van der Waals surface area (Å²) in [5.74, 6) is -0.0645. The minimum atomic E-state index is -3.38. The van der Waals surface area contributed by atoms with Crippen LogP contribution in [0.5, 0.6) is 0 Å². The number of sulfonamides is 1. The molecule has 0 unspecified atom stereocenters. The van der Waals surface area contributed by atoms with E-state index in [9.17, 15) is 13.2 Å². The van der Waals surface area contributed by atoms with E-state index in [0.717, 1.165) is 0 Å². The number of hydrogen-bond donors (Lipinski definition) is 1. The van der Waals surface area contributed by atoms with Gasteiger partial charge in [-0.3, -0.25) is 4.79 Å². The van der Waals surface area contributed by atoms with Gasteiger partial charge in [0, 0.05) is 25.6 Å². The third kappa shape index (κ3) is 4.53. The van der Waals surface area contributed by atoms with Gasteiger partial charge in [0.15, 0.2) is 0 Å². The number of aliphatic carboxylic acids is 1. The van der Waals surface area contributed by atoms with Crippen LogP contribution in [0.2, 0.25) is 0 Å². The molecule has 0 radical (unpaired) electrons. The van der Waals surface area contributed by atoms with Crippen molar-refractivity contribution < 1.29 is 22.8 Å². The summed E-state index contributed by atoms with van der Waals surface area (Å²) in [5.41, 5.74) is 0.417. The number of carbonyl (C=O) groups is 1. The van der Waals surface area contributed by atoms with Crippen molar-refractivity contribution in [1.82, 2.24) is 9.46 Å². The molecule has 1 aromatic rings. The molecule has 0 atom stereocenters. The van der Waals surface area contributed by atoms with E-state index in [1.54, 1.807) is 13.0 Å². The van der Waals surface area contributed by atoms with Crippen LogP contribution in [0.3, 0.4) is 0 Å². The highest BCUT2D eigenvalue weighted by Gasteiger charge is 2.29. The van der Waals surface area contributed by atoms with E-state index in [-0.39, 0.29) is 12.2 Å². The van der Waals surface area contributed by atoms with Crippen molar-refractivity contribution >= 4 is 16.0 Å². The summed E-state index contributed by atoms with van der Waals surface area (Å²) < 4.78 is 30.9. The highest BCUT2D eigenvalue weighted by Crippen LogP contribution is 2.24. The van der Waals surface area contributed by atoms with Gasteiger partial charge in [0.25, 0.3) is 0 Å². The Morgan fingerprint density at radius 1 is 1.48 bits per heavy atom. The maximum atomic E-state index is 12.3. The summed E-state index contributed by atoms with van der Waals surface area (Å²) in [6.07, 6.45) is 2.19. The smallest absolute Gasteiger partial charge is 0.303 e. The molecule has 8 heteroatoms. The Bertz CT molecular complexity index is 587. The number of aromatic nitrogens is 1. The summed E-state index contributed by atoms with van der Waals surface area (Å²) in [6, 6.07) is 1.62. The molecule has 1 aliphatic heterocycles. The monoisotopic (exact) mass is 316 g/mol. The molecular weight excluding hydrogens is 296 g/mol. The number of nitrogens with zero attached hydrogens (tertiary/aromatic N) is 2. The fraction of sp³-hybridized carbons (Fsp3) is 0.692. The maximum absolute atomic E-state index is 12.3. The molecule has 1 N–H and O–H groups in total. The van der Waals surface area contributed by atoms with Crippen LogP contribution in [0.25, 0.3) is 0 Å². The van der Waals surface area contributed by atoms with E-state index in [2.05, 4.69) is 5.16 Å². The normalized spacial score (nSPS) is 18.0. The lowest BCUT2D eigenvalue weighted by Crippen LogP contribution is -2.39. The van der Waals surface area contributed by atoms with Gasteiger partial charge in [0.05, 0.1) is 0 Å². The first-order chi connectivity index (χ1) is 9.87. The van der Waals surface area contributed by atoms with E-state index in [1.165, 1.54) is 4.31 Å². The SMILES string of the molecule is Cc1cc(CS(=O)(=O)N2CCC(CCC(=O)O)CC2)no1. The molecular formula is C13H20N2O5S. The molecule has 0 bridgehead atoms. The van der Waals surface area contributed by atoms with Crippen molar-refractivity contribution in [2.45, 2.75) is 38.4 Å². The molecule has 21 heavy (non-hydrogen) atoms. The van der Waals surface area contributed by atoms with Gasteiger partial charge in [-0.2, -0.15) is 0 Å². The number of carboxylic acids is 1. The van der Waals surface area contributed by atoms with Gasteiger partial charge >= 0.3 is 5.97 Å². The van der Waals surface area contributed by atoms with E-state index in [0.29, 0.717) is 49.7 Å². The van der Waals surface area contributed by atoms with Gasteiger partial charge in [-0.25, -0.2) is 12.7 Å². The van der Waals surface area contributed by atoms with Gasteiger partial charge in [-0.05, 0) is 32.1 Å². The third-order valence-electron chi connectivity index (χ3n) is 3.74. The minimum Gasteiger partial charge on any atom is -0.481 e. The molecule has 1 saturated heterocycles. The molecule has 0 spiro atoms. The zero-order chi connectivity index (χ0) is 15.5. The lowest BCUT2D eigenvalue weighted by molar-refractivity contribution is -0.137. The Labute approximate surface area is 124 Å². The summed E-state index contributed by atoms with van der Waals surface area (Å²) in [5, 5.41) is 12.4. The summed E-state index contributed by atoms with van der Waals surface area (Å²) >= 11 is 0. The second-order valence-corrected chi connectivity index (χ2v) is 7.43. The second-order valence-electron chi connectivity index (χ2n) is 5.46. The van der Waals surface area contributed by atoms with Gasteiger partial charge < -0.3 is 9.63 Å². The standard InChI is InChI=1S/C13H20N2O5S/c1-10-8-12(14-20-10)9-21(18,19)15-6-4-11(5-7-15)2-3-13(16)17/h8,11H,2-7,9H2,1H3,(H,16,17). The Kier molecular flexibility index (Phi) is 5.00. The third-order valence-corrected chi connectivity index (χ3v) is 5.55. The van der Waals surface area contributed by atoms with E-state index >= 15 is 0 Å². The van der Waals surface area contributed by atoms with Crippen molar-refractivity contribution in [2.24, 2.45) is 5.92 Å². The van der Waals surface area contributed by atoms with E-state index < -0.39 is 16.0 Å². The lowest BCUT2D eigenvalue weighted by Gasteiger charge is -2.30. The molecule has 0 saturated carbocycles. The average Bonchev–Trinajstić information content (AvgIpc) is 2.81. The molecule has 118 valence electrons. The molecule has 2 heterocycles. The van der Waals surface area contributed by atoms with Crippen LogP contribution in [0, 0.1) is 12.8 Å². The van der Waals surface area contributed by atoms with Crippen LogP contribution >= 0.6 is 0 Å². The first kappa shape index (κ1) is 16.0. The Morgan fingerprint density at radius 3 is 2.67 bits per heavy atom. The lowest BCUT2D eigenvalue weighted by atomic mass is 9.93. The van der Waals surface area contributed by atoms with Crippen molar-refractivity contribution in [2.75, 3.05) is 13.1 Å². The quantitative estimate of drug-likeness (QED) is 0.851. The van der Waals surface area contributed by atoms with Gasteiger partial charge in [0.1, 0.15) is 17.2 Å². The molecule has 1 aromatic heterocycles. The summed E-state index contributed by atoms with van der Waals surface area (Å²) in [7, 11) is -3.38. The maximum Gasteiger partial charge on any atom is 0.303 e. The predicted octanol–water partition coefficient (Wildman–Crippen LogP) is 1.39. The van der Waals surface area contributed by atoms with Crippen LogP contribution in [-0.4, -0.2) is 42.0 Å². The van der Waals surface area contributed by atoms with Crippen LogP contribution in [-0.2, 0) is 20.6 Å². The van der Waals surface area contributed by atoms with Crippen molar-refractivity contribution in [3.05, 3.63) is 17.5 Å². The number of piperidine rings is 1. The first-order valence-electron chi connectivity index (χ1n) is 6.98. The molecule has 1 aliphatic rings. The van der Waals surface area contributed by atoms with Crippen LogP contribution in [0.15, 0.2) is 10.6 Å². The largest absolute Gasteiger partial charge is 0.481 e. The fourth-order valence-corrected chi connectivity index (χ4v) is 4.03. The molecule has 1 fully saturated rings. The molecule has 7 nitrogen and oxygen atoms in total. The Balaban J connectivity index is 1.87. The highest BCUT2D eigenvalue weighted by atomic mass is 32.2. The van der Waals surface area contributed by atoms with Gasteiger partial charge in [0.2, 0.25) is 10.0 Å². The first-order valence-corrected chi connectivity index (χ1v) is 8.59. The highest BCUT2D eigenvalue weighted by molar-refractivity contribution is 7.88. The number of rotatable bonds is 6. The van der Waals surface area contributed by atoms with Crippen LogP contribution < -0.4 is 0 Å². The van der Waals surface area contributed by atoms with Crippen LogP contribution in [0.1, 0.15) is 37.1 Å². The zero-order valence-corrected chi connectivity index (χ0v) is 12.8. The van der Waals surface area contributed by atoms with Crippen molar-refractivity contribution in [1.29, 1.82) is 0 Å². The number of hydrogen-bond acceptors (Lipinski definition) is 5. The predicted molar refractivity (Wildman–Crippen MR) is 75.0 cm³/mol. The molecule has 0 amide bonds. The summed E-state index contributed by atoms with van der Waals surface area (Å²) in [6.45, 7) is 2.62. The Morgan fingerprint density at radius 2 is 2.14 bits per heavy atom. The average molecular weight is 316 g/mol. The van der Waals surface area contributed by atoms with E-state index in [4.69, 9.17) is 9.63 Å². The molecule has 2 rings (SSSR count). The fourth-order valence-electron chi connectivity index (χ4n) is 2.57. The topological polar surface area (TPSA) is 101 Å². The Hall–Kier alpha value is -1.41. The van der Waals surface area contributed by atoms with Crippen molar-refractivity contribution in [3.63, 3.8) is 0 Å². The second kappa shape index (κ2) is 6.57. The minimum absolute atomic E-state index is 0.148. The number of aryl methyl sites for hydroxylation is 1. The van der Waals surface area contributed by atoms with Crippen molar-refractivity contribution in [3.8, 4) is 0 Å². The molecule has 0 aliphatic carbocycles. The van der Waals surface area contributed by atoms with E-state index in [1.807, 2.05) is 0 Å². The zero-order valence-electron chi connectivity index (χ0n) is 12.0. The molecule has 0 aromatic carbocycles.